The molecule has 1 aliphatic rings. The highest BCUT2D eigenvalue weighted by Gasteiger charge is 2.36. The number of benzene rings is 2. The van der Waals surface area contributed by atoms with Crippen molar-refractivity contribution in [2.24, 2.45) is 0 Å². The Morgan fingerprint density at radius 2 is 1.82 bits per heavy atom. The molecule has 2 aromatic carbocycles. The van der Waals surface area contributed by atoms with Crippen LogP contribution in [-0.4, -0.2) is 52.1 Å². The van der Waals surface area contributed by atoms with E-state index in [-0.39, 0.29) is 11.3 Å². The third-order valence-corrected chi connectivity index (χ3v) is 8.46. The van der Waals surface area contributed by atoms with Crippen LogP contribution in [-0.2, 0) is 10.1 Å². The van der Waals surface area contributed by atoms with Crippen LogP contribution >= 0.6 is 11.6 Å². The van der Waals surface area contributed by atoms with Gasteiger partial charge in [-0.05, 0) is 56.0 Å². The first-order valence-corrected chi connectivity index (χ1v) is 14.5. The highest BCUT2D eigenvalue weighted by Crippen LogP contribution is 2.37. The number of hydrogen-bond donors (Lipinski definition) is 2. The van der Waals surface area contributed by atoms with Crippen LogP contribution in [0.5, 0.6) is 0 Å². The van der Waals surface area contributed by atoms with E-state index < -0.39 is 46.0 Å². The van der Waals surface area contributed by atoms with Gasteiger partial charge in [0.05, 0.1) is 35.2 Å². The number of halogens is 4. The summed E-state index contributed by atoms with van der Waals surface area (Å²) in [5.41, 5.74) is 2.41. The summed E-state index contributed by atoms with van der Waals surface area (Å²) in [6.07, 6.45) is -4.41. The second kappa shape index (κ2) is 11.5. The summed E-state index contributed by atoms with van der Waals surface area (Å²) in [5, 5.41) is 15.9. The zero-order valence-electron chi connectivity index (χ0n) is 21.7. The van der Waals surface area contributed by atoms with Crippen LogP contribution in [0, 0.1) is 13.8 Å². The molecule has 13 heteroatoms. The molecule has 1 fully saturated rings. The molecule has 2 N–H and O–H groups in total. The molecule has 1 amide bonds. The molecule has 0 bridgehead atoms. The SMILES string of the molecule is Cc1cc(Cl)ccc1-n1nc(C(=O)N[C@H]2CCCC[C@H]2O)c(C)c1-c1ccc(C(CC(F)(F)F)S(=O)(=O)[O-])cc1. The Hall–Kier alpha value is -2.93. The molecule has 1 saturated carbocycles. The van der Waals surface area contributed by atoms with Crippen molar-refractivity contribution in [1.82, 2.24) is 15.1 Å². The minimum absolute atomic E-state index is 0.0864. The number of alkyl halides is 3. The summed E-state index contributed by atoms with van der Waals surface area (Å²) in [6, 6.07) is 9.73. The van der Waals surface area contributed by atoms with Gasteiger partial charge in [-0.1, -0.05) is 48.7 Å². The Morgan fingerprint density at radius 3 is 2.40 bits per heavy atom. The molecule has 3 aromatic rings. The van der Waals surface area contributed by atoms with E-state index in [2.05, 4.69) is 10.4 Å². The van der Waals surface area contributed by atoms with Crippen molar-refractivity contribution in [2.75, 3.05) is 0 Å². The van der Waals surface area contributed by atoms with Crippen molar-refractivity contribution < 1.29 is 36.0 Å². The van der Waals surface area contributed by atoms with Crippen LogP contribution in [0.15, 0.2) is 42.5 Å². The minimum atomic E-state index is -5.30. The number of aliphatic hydroxyl groups excluding tert-OH is 1. The van der Waals surface area contributed by atoms with E-state index in [1.165, 1.54) is 16.8 Å². The summed E-state index contributed by atoms with van der Waals surface area (Å²) in [4.78, 5) is 13.3. The van der Waals surface area contributed by atoms with Crippen molar-refractivity contribution >= 4 is 27.6 Å². The second-order valence-corrected chi connectivity index (χ2v) is 12.0. The largest absolute Gasteiger partial charge is 0.747 e. The lowest BCUT2D eigenvalue weighted by molar-refractivity contribution is -0.135. The first-order valence-electron chi connectivity index (χ1n) is 12.6. The van der Waals surface area contributed by atoms with Gasteiger partial charge in [0.15, 0.2) is 5.69 Å². The lowest BCUT2D eigenvalue weighted by Gasteiger charge is -2.28. The van der Waals surface area contributed by atoms with E-state index in [1.54, 1.807) is 32.0 Å². The molecule has 8 nitrogen and oxygen atoms in total. The summed E-state index contributed by atoms with van der Waals surface area (Å²) in [5.74, 6) is -0.491. The van der Waals surface area contributed by atoms with Gasteiger partial charge < -0.3 is 15.0 Å². The number of aromatic nitrogens is 2. The van der Waals surface area contributed by atoms with Gasteiger partial charge in [0.2, 0.25) is 0 Å². The summed E-state index contributed by atoms with van der Waals surface area (Å²) < 4.78 is 75.5. The maximum atomic E-state index is 13.3. The van der Waals surface area contributed by atoms with E-state index in [9.17, 15) is 36.0 Å². The fraction of sp³-hybridized carbons (Fsp3) is 0.407. The van der Waals surface area contributed by atoms with Gasteiger partial charge in [0, 0.05) is 16.1 Å². The topological polar surface area (TPSA) is 124 Å². The average Bonchev–Trinajstić information content (AvgIpc) is 3.19. The lowest BCUT2D eigenvalue weighted by atomic mass is 9.92. The molecule has 0 radical (unpaired) electrons. The molecule has 40 heavy (non-hydrogen) atoms. The normalized spacial score (nSPS) is 18.9. The van der Waals surface area contributed by atoms with Gasteiger partial charge in [-0.15, -0.1) is 0 Å². The molecule has 216 valence electrons. The van der Waals surface area contributed by atoms with Gasteiger partial charge >= 0.3 is 6.18 Å². The molecule has 1 heterocycles. The number of nitrogens with zero attached hydrogens (tertiary/aromatic N) is 2. The van der Waals surface area contributed by atoms with Crippen molar-refractivity contribution in [3.05, 3.63) is 69.9 Å². The third-order valence-electron chi connectivity index (χ3n) is 7.09. The number of carbonyl (C=O) groups excluding carboxylic acids is 1. The maximum Gasteiger partial charge on any atom is 0.390 e. The standard InChI is InChI=1S/C27H29ClF3N3O5S/c1-15-13-19(28)11-12-21(15)34-25(16(2)24(33-34)26(36)32-20-5-3-4-6-22(20)35)18-9-7-17(8-10-18)23(40(37,38)39)14-27(29,30)31/h7-13,20,22-23,35H,3-6,14H2,1-2H3,(H,32,36)(H,37,38,39)/p-1/t20-,22+,23?/m0/s1. The molecule has 3 atom stereocenters. The van der Waals surface area contributed by atoms with E-state index in [1.807, 2.05) is 0 Å². The van der Waals surface area contributed by atoms with Crippen LogP contribution in [0.2, 0.25) is 5.02 Å². The molecule has 1 aromatic heterocycles. The van der Waals surface area contributed by atoms with Crippen LogP contribution in [0.3, 0.4) is 0 Å². The summed E-state index contributed by atoms with van der Waals surface area (Å²) in [7, 11) is -5.30. The molecule has 1 unspecified atom stereocenters. The number of hydrogen-bond acceptors (Lipinski definition) is 6. The van der Waals surface area contributed by atoms with Crippen molar-refractivity contribution in [1.29, 1.82) is 0 Å². The number of nitrogens with one attached hydrogen (secondary N) is 1. The van der Waals surface area contributed by atoms with Gasteiger partial charge in [0.1, 0.15) is 10.1 Å². The molecular weight excluding hydrogens is 571 g/mol. The Labute approximate surface area is 234 Å². The second-order valence-electron chi connectivity index (χ2n) is 10.0. The van der Waals surface area contributed by atoms with E-state index in [4.69, 9.17) is 11.6 Å². The molecule has 0 spiro atoms. The molecule has 4 rings (SSSR count). The number of rotatable bonds is 7. The van der Waals surface area contributed by atoms with E-state index >= 15 is 0 Å². The van der Waals surface area contributed by atoms with Gasteiger partial charge in [-0.2, -0.15) is 18.3 Å². The summed E-state index contributed by atoms with van der Waals surface area (Å²) in [6.45, 7) is 3.46. The average molecular weight is 599 g/mol. The van der Waals surface area contributed by atoms with Crippen LogP contribution in [0.1, 0.15) is 64.5 Å². The van der Waals surface area contributed by atoms with Crippen molar-refractivity contribution in [3.8, 4) is 16.9 Å². The summed E-state index contributed by atoms with van der Waals surface area (Å²) >= 11 is 6.13. The van der Waals surface area contributed by atoms with Gasteiger partial charge in [-0.3, -0.25) is 4.79 Å². The Balaban J connectivity index is 1.79. The van der Waals surface area contributed by atoms with E-state index in [0.717, 1.165) is 30.5 Å². The minimum Gasteiger partial charge on any atom is -0.747 e. The quantitative estimate of drug-likeness (QED) is 0.352. The first kappa shape index (κ1) is 30.0. The van der Waals surface area contributed by atoms with Crippen molar-refractivity contribution in [3.63, 3.8) is 0 Å². The Kier molecular flexibility index (Phi) is 8.65. The highest BCUT2D eigenvalue weighted by atomic mass is 35.5. The predicted octanol–water partition coefficient (Wildman–Crippen LogP) is 5.38. The van der Waals surface area contributed by atoms with E-state index in [0.29, 0.717) is 40.4 Å². The molecule has 0 saturated heterocycles. The van der Waals surface area contributed by atoms with Crippen LogP contribution in [0.25, 0.3) is 16.9 Å². The smallest absolute Gasteiger partial charge is 0.390 e. The maximum absolute atomic E-state index is 13.3. The van der Waals surface area contributed by atoms with Crippen molar-refractivity contribution in [2.45, 2.75) is 69.5 Å². The van der Waals surface area contributed by atoms with Gasteiger partial charge in [0.25, 0.3) is 5.91 Å². The molecule has 0 aliphatic heterocycles. The zero-order chi connectivity index (χ0) is 29.4. The molecule has 1 aliphatic carbocycles. The highest BCUT2D eigenvalue weighted by molar-refractivity contribution is 7.86. The monoisotopic (exact) mass is 598 g/mol. The fourth-order valence-corrected chi connectivity index (χ4v) is 6.16. The van der Waals surface area contributed by atoms with Crippen LogP contribution < -0.4 is 5.32 Å². The number of aliphatic hydroxyl groups is 1. The Morgan fingerprint density at radius 1 is 1.18 bits per heavy atom. The van der Waals surface area contributed by atoms with Crippen LogP contribution in [0.4, 0.5) is 13.2 Å². The number of amides is 1. The first-order chi connectivity index (χ1) is 18.7. The third kappa shape index (κ3) is 6.68. The number of aryl methyl sites for hydroxylation is 1. The zero-order valence-corrected chi connectivity index (χ0v) is 23.3. The lowest BCUT2D eigenvalue weighted by Crippen LogP contribution is -2.45. The number of carbonyl (C=O) groups is 1. The fourth-order valence-electron chi connectivity index (χ4n) is 5.05. The predicted molar refractivity (Wildman–Crippen MR) is 142 cm³/mol. The Bertz CT molecular complexity index is 1510. The van der Waals surface area contributed by atoms with Gasteiger partial charge in [-0.25, -0.2) is 13.1 Å². The molecular formula is C27H28ClF3N3O5S-.